The van der Waals surface area contributed by atoms with Gasteiger partial charge in [0, 0.05) is 0 Å². The minimum Gasteiger partial charge on any atom is -0.298 e. The summed E-state index contributed by atoms with van der Waals surface area (Å²) in [4.78, 5) is 10.1. The van der Waals surface area contributed by atoms with Crippen molar-refractivity contribution in [3.8, 4) is 0 Å². The molecule has 0 fully saturated rings. The van der Waals surface area contributed by atoms with E-state index in [-0.39, 0.29) is 9.13 Å². The maximum atomic E-state index is 12.8. The van der Waals surface area contributed by atoms with Gasteiger partial charge in [-0.1, -0.05) is 0 Å². The van der Waals surface area contributed by atoms with Gasteiger partial charge < -0.3 is 0 Å². The molecule has 0 aromatic heterocycles. The first-order valence-electron chi connectivity index (χ1n) is 2.75. The third-order valence-corrected chi connectivity index (χ3v) is 2.18. The minimum atomic E-state index is -0.791. The van der Waals surface area contributed by atoms with Gasteiger partial charge in [0.25, 0.3) is 0 Å². The lowest BCUT2D eigenvalue weighted by molar-refractivity contribution is 0.111. The van der Waals surface area contributed by atoms with Crippen molar-refractivity contribution in [2.45, 2.75) is 0 Å². The Morgan fingerprint density at radius 1 is 1.36 bits per heavy atom. The first kappa shape index (κ1) is 8.58. The summed E-state index contributed by atoms with van der Waals surface area (Å²) in [5.41, 5.74) is -0.115. The number of carbonyl (C=O) groups excluding carboxylic acids is 1. The van der Waals surface area contributed by atoms with Crippen molar-refractivity contribution >= 4 is 28.9 Å². The van der Waals surface area contributed by atoms with Gasteiger partial charge in [-0.3, -0.25) is 4.79 Å². The molecule has 0 bridgehead atoms. The molecule has 1 aromatic rings. The van der Waals surface area contributed by atoms with Crippen LogP contribution in [0.15, 0.2) is 12.1 Å². The first-order chi connectivity index (χ1) is 5.16. The molecule has 0 aliphatic carbocycles. The number of rotatable bonds is 1. The summed E-state index contributed by atoms with van der Waals surface area (Å²) < 4.78 is 25.2. The lowest BCUT2D eigenvalue weighted by Gasteiger charge is -1.97. The van der Waals surface area contributed by atoms with Crippen LogP contribution in [0.5, 0.6) is 0 Å². The SMILES string of the molecule is O=Cc1ccc(F)c(I)c1F. The number of hydrogen-bond acceptors (Lipinski definition) is 1. The average Bonchev–Trinajstić information content (AvgIpc) is 2.01. The zero-order valence-corrected chi connectivity index (χ0v) is 7.43. The van der Waals surface area contributed by atoms with E-state index in [0.717, 1.165) is 12.1 Å². The summed E-state index contributed by atoms with van der Waals surface area (Å²) in [6, 6.07) is 2.18. The van der Waals surface area contributed by atoms with Crippen molar-refractivity contribution in [1.82, 2.24) is 0 Å². The van der Waals surface area contributed by atoms with Crippen molar-refractivity contribution in [2.24, 2.45) is 0 Å². The fraction of sp³-hybridized carbons (Fsp3) is 0. The van der Waals surface area contributed by atoms with Crippen molar-refractivity contribution < 1.29 is 13.6 Å². The Labute approximate surface area is 75.6 Å². The van der Waals surface area contributed by atoms with Crippen LogP contribution in [-0.2, 0) is 0 Å². The van der Waals surface area contributed by atoms with Gasteiger partial charge in [0.1, 0.15) is 11.6 Å². The summed E-state index contributed by atoms with van der Waals surface area (Å²) >= 11 is 1.51. The van der Waals surface area contributed by atoms with E-state index in [9.17, 15) is 13.6 Å². The smallest absolute Gasteiger partial charge is 0.153 e. The van der Waals surface area contributed by atoms with Gasteiger partial charge in [-0.05, 0) is 34.7 Å². The maximum Gasteiger partial charge on any atom is 0.153 e. The molecule has 0 heterocycles. The van der Waals surface area contributed by atoms with E-state index < -0.39 is 11.6 Å². The van der Waals surface area contributed by atoms with E-state index >= 15 is 0 Å². The molecule has 0 radical (unpaired) electrons. The molecule has 0 saturated heterocycles. The molecular weight excluding hydrogens is 265 g/mol. The zero-order chi connectivity index (χ0) is 8.43. The highest BCUT2D eigenvalue weighted by Gasteiger charge is 2.09. The van der Waals surface area contributed by atoms with Crippen LogP contribution in [0.4, 0.5) is 8.78 Å². The van der Waals surface area contributed by atoms with Gasteiger partial charge in [0.15, 0.2) is 6.29 Å². The van der Waals surface area contributed by atoms with Gasteiger partial charge in [-0.25, -0.2) is 8.78 Å². The Balaban J connectivity index is 3.36. The highest BCUT2D eigenvalue weighted by atomic mass is 127. The van der Waals surface area contributed by atoms with Crippen LogP contribution in [0.25, 0.3) is 0 Å². The molecule has 0 unspecified atom stereocenters. The minimum absolute atomic E-state index is 0.115. The second-order valence-electron chi connectivity index (χ2n) is 1.88. The van der Waals surface area contributed by atoms with Crippen LogP contribution >= 0.6 is 22.6 Å². The quantitative estimate of drug-likeness (QED) is 0.434. The van der Waals surface area contributed by atoms with E-state index in [1.165, 1.54) is 22.6 Å². The van der Waals surface area contributed by atoms with Gasteiger partial charge in [-0.15, -0.1) is 0 Å². The van der Waals surface area contributed by atoms with Crippen LogP contribution in [0.3, 0.4) is 0 Å². The maximum absolute atomic E-state index is 12.8. The lowest BCUT2D eigenvalue weighted by atomic mass is 10.2. The number of benzene rings is 1. The van der Waals surface area contributed by atoms with Crippen molar-refractivity contribution in [1.29, 1.82) is 0 Å². The topological polar surface area (TPSA) is 17.1 Å². The fourth-order valence-electron chi connectivity index (χ4n) is 0.632. The number of hydrogen-bond donors (Lipinski definition) is 0. The molecule has 0 aliphatic rings. The van der Waals surface area contributed by atoms with Crippen LogP contribution < -0.4 is 0 Å². The van der Waals surface area contributed by atoms with Gasteiger partial charge in [0.2, 0.25) is 0 Å². The van der Waals surface area contributed by atoms with Crippen molar-refractivity contribution in [2.75, 3.05) is 0 Å². The summed E-state index contributed by atoms with van der Waals surface area (Å²) in [5, 5.41) is 0. The van der Waals surface area contributed by atoms with E-state index in [0.29, 0.717) is 6.29 Å². The second-order valence-corrected chi connectivity index (χ2v) is 2.96. The largest absolute Gasteiger partial charge is 0.298 e. The Morgan fingerprint density at radius 2 is 2.00 bits per heavy atom. The highest BCUT2D eigenvalue weighted by Crippen LogP contribution is 2.17. The van der Waals surface area contributed by atoms with Crippen molar-refractivity contribution in [3.63, 3.8) is 0 Å². The van der Waals surface area contributed by atoms with Gasteiger partial charge in [-0.2, -0.15) is 0 Å². The molecule has 1 aromatic carbocycles. The summed E-state index contributed by atoms with van der Waals surface area (Å²) in [5.74, 6) is -1.44. The highest BCUT2D eigenvalue weighted by molar-refractivity contribution is 14.1. The Bertz CT molecular complexity index is 299. The Hall–Kier alpha value is -0.520. The second kappa shape index (κ2) is 3.25. The third-order valence-electron chi connectivity index (χ3n) is 1.19. The van der Waals surface area contributed by atoms with Crippen LogP contribution in [0, 0.1) is 15.2 Å². The summed E-state index contributed by atoms with van der Waals surface area (Å²) in [6.07, 6.45) is 0.358. The monoisotopic (exact) mass is 268 g/mol. The van der Waals surface area contributed by atoms with Crippen LogP contribution in [0.2, 0.25) is 0 Å². The van der Waals surface area contributed by atoms with E-state index in [4.69, 9.17) is 0 Å². The van der Waals surface area contributed by atoms with Crippen LogP contribution in [0.1, 0.15) is 10.4 Å². The third kappa shape index (κ3) is 1.55. The van der Waals surface area contributed by atoms with Crippen LogP contribution in [-0.4, -0.2) is 6.29 Å². The molecule has 0 atom stereocenters. The normalized spacial score (nSPS) is 9.73. The van der Waals surface area contributed by atoms with Gasteiger partial charge in [0.05, 0.1) is 9.13 Å². The molecule has 0 N–H and O–H groups in total. The molecule has 0 spiro atoms. The Morgan fingerprint density at radius 3 is 2.55 bits per heavy atom. The molecule has 1 nitrogen and oxygen atoms in total. The van der Waals surface area contributed by atoms with E-state index in [2.05, 4.69) is 0 Å². The molecule has 1 rings (SSSR count). The molecular formula is C7H3F2IO. The van der Waals surface area contributed by atoms with E-state index in [1.54, 1.807) is 0 Å². The summed E-state index contributed by atoms with van der Waals surface area (Å²) in [6.45, 7) is 0. The number of aldehydes is 1. The standard InChI is InChI=1S/C7H3F2IO/c8-5-2-1-4(3-11)6(9)7(5)10/h1-3H. The molecule has 4 heteroatoms. The van der Waals surface area contributed by atoms with Gasteiger partial charge >= 0.3 is 0 Å². The molecule has 11 heavy (non-hydrogen) atoms. The Kier molecular flexibility index (Phi) is 2.53. The fourth-order valence-corrected chi connectivity index (χ4v) is 1.12. The first-order valence-corrected chi connectivity index (χ1v) is 3.83. The summed E-state index contributed by atoms with van der Waals surface area (Å²) in [7, 11) is 0. The number of carbonyl (C=O) groups is 1. The zero-order valence-electron chi connectivity index (χ0n) is 5.27. The molecule has 58 valence electrons. The predicted molar refractivity (Wildman–Crippen MR) is 44.5 cm³/mol. The number of halogens is 3. The lowest BCUT2D eigenvalue weighted by Crippen LogP contribution is -1.94. The van der Waals surface area contributed by atoms with E-state index in [1.807, 2.05) is 0 Å². The molecule has 0 amide bonds. The van der Waals surface area contributed by atoms with Crippen molar-refractivity contribution in [3.05, 3.63) is 32.9 Å². The molecule has 0 saturated carbocycles. The molecule has 0 aliphatic heterocycles. The average molecular weight is 268 g/mol. The predicted octanol–water partition coefficient (Wildman–Crippen LogP) is 2.38.